The molecule has 0 saturated carbocycles. The molecule has 84 valence electrons. The summed E-state index contributed by atoms with van der Waals surface area (Å²) < 4.78 is 1.50. The number of aromatic amines is 1. The second-order valence-electron chi connectivity index (χ2n) is 3.13. The van der Waals surface area contributed by atoms with E-state index in [1.165, 1.54) is 16.3 Å². The molecule has 1 aromatic heterocycles. The van der Waals surface area contributed by atoms with Crippen molar-refractivity contribution in [3.63, 3.8) is 0 Å². The lowest BCUT2D eigenvalue weighted by atomic mass is 10.5. The maximum Gasteiger partial charge on any atom is 0.343 e. The third-order valence-corrected chi connectivity index (χ3v) is 2.96. The molecule has 3 N–H and O–H groups in total. The minimum atomic E-state index is -0.418. The number of primary amides is 1. The smallest absolute Gasteiger partial charge is 0.343 e. The van der Waals surface area contributed by atoms with Gasteiger partial charge in [-0.05, 0) is 13.3 Å². The van der Waals surface area contributed by atoms with Gasteiger partial charge in [-0.1, -0.05) is 18.7 Å². The van der Waals surface area contributed by atoms with Gasteiger partial charge in [0.15, 0.2) is 5.16 Å². The maximum absolute atomic E-state index is 11.3. The number of nitrogens with one attached hydrogen (secondary N) is 1. The van der Waals surface area contributed by atoms with Gasteiger partial charge in [-0.15, -0.1) is 5.10 Å². The van der Waals surface area contributed by atoms with Crippen LogP contribution in [0.3, 0.4) is 0 Å². The molecule has 1 rings (SSSR count). The van der Waals surface area contributed by atoms with Crippen LogP contribution in [0.25, 0.3) is 0 Å². The number of rotatable bonds is 5. The SMILES string of the molecule is CCCn1c(SC(C)C(N)=O)n[nH]c1=O. The number of amides is 1. The Bertz CT molecular complexity index is 398. The van der Waals surface area contributed by atoms with Crippen LogP contribution < -0.4 is 11.4 Å². The summed E-state index contributed by atoms with van der Waals surface area (Å²) in [4.78, 5) is 22.2. The van der Waals surface area contributed by atoms with E-state index in [1.807, 2.05) is 6.92 Å². The van der Waals surface area contributed by atoms with Crippen molar-refractivity contribution >= 4 is 17.7 Å². The Morgan fingerprint density at radius 1 is 1.73 bits per heavy atom. The molecule has 0 saturated heterocycles. The average Bonchev–Trinajstić information content (AvgIpc) is 2.50. The number of hydrogen-bond donors (Lipinski definition) is 2. The van der Waals surface area contributed by atoms with Crippen LogP contribution in [0, 0.1) is 0 Å². The zero-order valence-electron chi connectivity index (χ0n) is 8.69. The van der Waals surface area contributed by atoms with Crippen LogP contribution in [0.4, 0.5) is 0 Å². The highest BCUT2D eigenvalue weighted by atomic mass is 32.2. The van der Waals surface area contributed by atoms with Crippen molar-refractivity contribution < 1.29 is 4.79 Å². The summed E-state index contributed by atoms with van der Waals surface area (Å²) in [7, 11) is 0. The first kappa shape index (κ1) is 11.8. The number of thioether (sulfide) groups is 1. The molecule has 7 heteroatoms. The van der Waals surface area contributed by atoms with Crippen molar-refractivity contribution in [3.8, 4) is 0 Å². The Morgan fingerprint density at radius 2 is 2.40 bits per heavy atom. The summed E-state index contributed by atoms with van der Waals surface area (Å²) in [5.74, 6) is -0.418. The quantitative estimate of drug-likeness (QED) is 0.693. The summed E-state index contributed by atoms with van der Waals surface area (Å²) in [6.07, 6.45) is 0.831. The van der Waals surface area contributed by atoms with Crippen LogP contribution in [-0.4, -0.2) is 25.9 Å². The Morgan fingerprint density at radius 3 is 2.93 bits per heavy atom. The number of aromatic nitrogens is 3. The third-order valence-electron chi connectivity index (χ3n) is 1.85. The molecule has 0 fully saturated rings. The van der Waals surface area contributed by atoms with E-state index in [-0.39, 0.29) is 5.69 Å². The van der Waals surface area contributed by atoms with Gasteiger partial charge in [-0.3, -0.25) is 9.36 Å². The van der Waals surface area contributed by atoms with Crippen LogP contribution >= 0.6 is 11.8 Å². The van der Waals surface area contributed by atoms with Crippen molar-refractivity contribution in [1.29, 1.82) is 0 Å². The summed E-state index contributed by atoms with van der Waals surface area (Å²) >= 11 is 1.19. The minimum Gasteiger partial charge on any atom is -0.369 e. The molecule has 15 heavy (non-hydrogen) atoms. The molecule has 0 spiro atoms. The Hall–Kier alpha value is -1.24. The van der Waals surface area contributed by atoms with E-state index in [1.54, 1.807) is 6.92 Å². The minimum absolute atomic E-state index is 0.254. The summed E-state index contributed by atoms with van der Waals surface area (Å²) in [5, 5.41) is 6.30. The zero-order chi connectivity index (χ0) is 11.4. The first-order chi connectivity index (χ1) is 7.06. The van der Waals surface area contributed by atoms with Gasteiger partial charge in [-0.2, -0.15) is 0 Å². The van der Waals surface area contributed by atoms with Crippen molar-refractivity contribution in [1.82, 2.24) is 14.8 Å². The first-order valence-corrected chi connectivity index (χ1v) is 5.55. The summed E-state index contributed by atoms with van der Waals surface area (Å²) in [5.41, 5.74) is 4.88. The van der Waals surface area contributed by atoms with Crippen molar-refractivity contribution in [2.75, 3.05) is 0 Å². The average molecular weight is 230 g/mol. The normalized spacial score (nSPS) is 12.7. The Kier molecular flexibility index (Phi) is 3.96. The van der Waals surface area contributed by atoms with Gasteiger partial charge in [0, 0.05) is 6.54 Å². The molecule has 6 nitrogen and oxygen atoms in total. The van der Waals surface area contributed by atoms with E-state index in [9.17, 15) is 9.59 Å². The lowest BCUT2D eigenvalue weighted by Gasteiger charge is -2.06. The number of H-pyrrole nitrogens is 1. The van der Waals surface area contributed by atoms with Gasteiger partial charge in [0.05, 0.1) is 5.25 Å². The Labute approximate surface area is 91.2 Å². The van der Waals surface area contributed by atoms with Crippen molar-refractivity contribution in [2.45, 2.75) is 37.2 Å². The molecule has 0 radical (unpaired) electrons. The molecule has 0 aliphatic rings. The van der Waals surface area contributed by atoms with E-state index < -0.39 is 11.2 Å². The monoisotopic (exact) mass is 230 g/mol. The van der Waals surface area contributed by atoms with Crippen LogP contribution in [0.1, 0.15) is 20.3 Å². The summed E-state index contributed by atoms with van der Waals surface area (Å²) in [6, 6.07) is 0. The molecule has 1 amide bonds. The van der Waals surface area contributed by atoms with Gasteiger partial charge >= 0.3 is 5.69 Å². The largest absolute Gasteiger partial charge is 0.369 e. The number of nitrogens with two attached hydrogens (primary N) is 1. The van der Waals surface area contributed by atoms with Crippen LogP contribution in [0.5, 0.6) is 0 Å². The molecule has 1 atom stereocenters. The predicted molar refractivity (Wildman–Crippen MR) is 57.7 cm³/mol. The highest BCUT2D eigenvalue weighted by Crippen LogP contribution is 2.19. The number of nitrogens with zero attached hydrogens (tertiary/aromatic N) is 2. The summed E-state index contributed by atoms with van der Waals surface area (Å²) in [6.45, 7) is 4.23. The van der Waals surface area contributed by atoms with Gasteiger partial charge < -0.3 is 5.73 Å². The van der Waals surface area contributed by atoms with E-state index in [0.29, 0.717) is 11.7 Å². The molecule has 0 aromatic carbocycles. The highest BCUT2D eigenvalue weighted by Gasteiger charge is 2.15. The second-order valence-corrected chi connectivity index (χ2v) is 4.43. The first-order valence-electron chi connectivity index (χ1n) is 4.67. The molecule has 0 aliphatic heterocycles. The fourth-order valence-corrected chi connectivity index (χ4v) is 1.86. The number of hydrogen-bond acceptors (Lipinski definition) is 4. The van der Waals surface area contributed by atoms with Gasteiger partial charge in [0.25, 0.3) is 0 Å². The van der Waals surface area contributed by atoms with Gasteiger partial charge in [0.2, 0.25) is 5.91 Å². The molecule has 1 heterocycles. The molecule has 0 bridgehead atoms. The van der Waals surface area contributed by atoms with E-state index in [0.717, 1.165) is 6.42 Å². The topological polar surface area (TPSA) is 93.8 Å². The van der Waals surface area contributed by atoms with Crippen LogP contribution in [0.15, 0.2) is 9.95 Å². The predicted octanol–water partition coefficient (Wildman–Crippen LogP) is -0.0527. The van der Waals surface area contributed by atoms with Crippen molar-refractivity contribution in [3.05, 3.63) is 10.5 Å². The fraction of sp³-hybridized carbons (Fsp3) is 0.625. The third kappa shape index (κ3) is 2.85. The Balaban J connectivity index is 2.85. The van der Waals surface area contributed by atoms with E-state index in [4.69, 9.17) is 5.73 Å². The number of carbonyl (C=O) groups excluding carboxylic acids is 1. The molecule has 1 aromatic rings. The molecule has 1 unspecified atom stereocenters. The number of carbonyl (C=O) groups is 1. The van der Waals surface area contributed by atoms with Crippen LogP contribution in [0.2, 0.25) is 0 Å². The maximum atomic E-state index is 11.3. The van der Waals surface area contributed by atoms with Gasteiger partial charge in [-0.25, -0.2) is 9.89 Å². The lowest BCUT2D eigenvalue weighted by Crippen LogP contribution is -2.24. The van der Waals surface area contributed by atoms with Crippen molar-refractivity contribution in [2.24, 2.45) is 5.73 Å². The van der Waals surface area contributed by atoms with E-state index >= 15 is 0 Å². The molecule has 0 aliphatic carbocycles. The second kappa shape index (κ2) is 5.01. The molecular formula is C8H14N4O2S. The highest BCUT2D eigenvalue weighted by molar-refractivity contribution is 8.00. The lowest BCUT2D eigenvalue weighted by molar-refractivity contribution is -0.117. The van der Waals surface area contributed by atoms with E-state index in [2.05, 4.69) is 10.2 Å². The zero-order valence-corrected chi connectivity index (χ0v) is 9.50. The van der Waals surface area contributed by atoms with Gasteiger partial charge in [0.1, 0.15) is 0 Å². The standard InChI is InChI=1S/C8H14N4O2S/c1-3-4-12-7(14)10-11-8(12)15-5(2)6(9)13/h5H,3-4H2,1-2H3,(H2,9,13)(H,10,14). The molecular weight excluding hydrogens is 216 g/mol. The van der Waals surface area contributed by atoms with Crippen LogP contribution in [-0.2, 0) is 11.3 Å². The fourth-order valence-electron chi connectivity index (χ4n) is 1.03.